The van der Waals surface area contributed by atoms with E-state index in [-0.39, 0.29) is 0 Å². The molecular weight excluding hydrogens is 356 g/mol. The second kappa shape index (κ2) is 7.81. The van der Waals surface area contributed by atoms with Crippen LogP contribution < -0.4 is 14.5 Å². The number of hydrogen-bond acceptors (Lipinski definition) is 6. The van der Waals surface area contributed by atoms with Gasteiger partial charge in [-0.2, -0.15) is 0 Å². The van der Waals surface area contributed by atoms with Crippen molar-refractivity contribution < 1.29 is 4.74 Å². The smallest absolute Gasteiger partial charge is 0.186 e. The molecule has 1 aromatic carbocycles. The largest absolute Gasteiger partial charge is 0.495 e. The molecule has 0 spiro atoms. The van der Waals surface area contributed by atoms with E-state index in [1.54, 1.807) is 18.4 Å². The fraction of sp³-hybridized carbons (Fsp3) is 0.500. The number of anilines is 2. The lowest BCUT2D eigenvalue weighted by molar-refractivity contribution is 0.182. The van der Waals surface area contributed by atoms with Crippen molar-refractivity contribution >= 4 is 33.8 Å². The highest BCUT2D eigenvalue weighted by atomic mass is 35.5. The van der Waals surface area contributed by atoms with Crippen LogP contribution in [0, 0.1) is 0 Å². The van der Waals surface area contributed by atoms with Crippen LogP contribution in [0.2, 0.25) is 5.15 Å². The van der Waals surface area contributed by atoms with Gasteiger partial charge in [-0.3, -0.25) is 4.90 Å². The molecule has 1 atom stereocenters. The molecule has 0 amide bonds. The van der Waals surface area contributed by atoms with Crippen molar-refractivity contribution in [1.82, 2.24) is 9.88 Å². The van der Waals surface area contributed by atoms with Gasteiger partial charge in [0.25, 0.3) is 0 Å². The Morgan fingerprint density at radius 3 is 2.72 bits per heavy atom. The van der Waals surface area contributed by atoms with Gasteiger partial charge < -0.3 is 14.5 Å². The van der Waals surface area contributed by atoms with Crippen molar-refractivity contribution in [1.29, 1.82) is 0 Å². The number of rotatable bonds is 5. The van der Waals surface area contributed by atoms with Gasteiger partial charge in [0.2, 0.25) is 0 Å². The van der Waals surface area contributed by atoms with Crippen LogP contribution in [0.5, 0.6) is 5.75 Å². The van der Waals surface area contributed by atoms with E-state index in [1.165, 1.54) is 5.69 Å². The third-order valence-electron chi connectivity index (χ3n) is 4.56. The van der Waals surface area contributed by atoms with Crippen LogP contribution in [0.15, 0.2) is 24.3 Å². The SMILES string of the molecule is COc1ccccc1N1CCN(Cc2sc(N(C)C)nc2Cl)C(C)C1. The van der Waals surface area contributed by atoms with Crippen molar-refractivity contribution in [3.63, 3.8) is 0 Å². The molecule has 0 N–H and O–H groups in total. The maximum Gasteiger partial charge on any atom is 0.186 e. The normalized spacial score (nSPS) is 18.4. The fourth-order valence-corrected chi connectivity index (χ4v) is 4.34. The number of piperazine rings is 1. The summed E-state index contributed by atoms with van der Waals surface area (Å²) in [5, 5.41) is 1.59. The van der Waals surface area contributed by atoms with Gasteiger partial charge in [0, 0.05) is 46.3 Å². The van der Waals surface area contributed by atoms with Gasteiger partial charge >= 0.3 is 0 Å². The summed E-state index contributed by atoms with van der Waals surface area (Å²) in [6.07, 6.45) is 0. The monoisotopic (exact) mass is 380 g/mol. The molecule has 3 rings (SSSR count). The Bertz CT molecular complexity index is 721. The third-order valence-corrected chi connectivity index (χ3v) is 6.19. The first kappa shape index (κ1) is 18.3. The Hall–Kier alpha value is -1.50. The highest BCUT2D eigenvalue weighted by Gasteiger charge is 2.26. The second-order valence-electron chi connectivity index (χ2n) is 6.54. The maximum absolute atomic E-state index is 6.34. The lowest BCUT2D eigenvalue weighted by Gasteiger charge is -2.41. The molecule has 0 saturated carbocycles. The minimum atomic E-state index is 0.430. The zero-order valence-corrected chi connectivity index (χ0v) is 16.8. The van der Waals surface area contributed by atoms with Gasteiger partial charge in [-0.05, 0) is 19.1 Å². The Kier molecular flexibility index (Phi) is 5.71. The van der Waals surface area contributed by atoms with E-state index in [0.717, 1.165) is 41.9 Å². The highest BCUT2D eigenvalue weighted by Crippen LogP contribution is 2.32. The molecule has 1 aromatic heterocycles. The molecule has 2 aromatic rings. The summed E-state index contributed by atoms with van der Waals surface area (Å²) in [4.78, 5) is 12.5. The predicted octanol–water partition coefficient (Wildman–Crippen LogP) is 3.58. The minimum Gasteiger partial charge on any atom is -0.495 e. The zero-order valence-electron chi connectivity index (χ0n) is 15.2. The molecule has 2 heterocycles. The first-order valence-corrected chi connectivity index (χ1v) is 9.63. The summed E-state index contributed by atoms with van der Waals surface area (Å²) in [7, 11) is 5.72. The average molecular weight is 381 g/mol. The molecule has 7 heteroatoms. The van der Waals surface area contributed by atoms with Gasteiger partial charge in [-0.15, -0.1) is 0 Å². The van der Waals surface area contributed by atoms with E-state index in [9.17, 15) is 0 Å². The summed E-state index contributed by atoms with van der Waals surface area (Å²) in [6, 6.07) is 8.65. The van der Waals surface area contributed by atoms with Gasteiger partial charge in [0.05, 0.1) is 17.7 Å². The Labute approximate surface area is 158 Å². The molecule has 1 aliphatic heterocycles. The van der Waals surface area contributed by atoms with Crippen LogP contribution in [0.25, 0.3) is 0 Å². The van der Waals surface area contributed by atoms with E-state index in [1.807, 2.05) is 31.1 Å². The van der Waals surface area contributed by atoms with Gasteiger partial charge in [0.15, 0.2) is 5.13 Å². The lowest BCUT2D eigenvalue weighted by atomic mass is 10.1. The summed E-state index contributed by atoms with van der Waals surface area (Å²) in [6.45, 7) is 6.05. The molecule has 136 valence electrons. The first-order valence-electron chi connectivity index (χ1n) is 8.44. The Morgan fingerprint density at radius 2 is 2.08 bits per heavy atom. The van der Waals surface area contributed by atoms with Gasteiger partial charge in [-0.1, -0.05) is 35.1 Å². The number of benzene rings is 1. The summed E-state index contributed by atoms with van der Waals surface area (Å²) < 4.78 is 5.51. The summed E-state index contributed by atoms with van der Waals surface area (Å²) >= 11 is 8.01. The van der Waals surface area contributed by atoms with E-state index in [4.69, 9.17) is 16.3 Å². The van der Waals surface area contributed by atoms with E-state index < -0.39 is 0 Å². The van der Waals surface area contributed by atoms with Crippen molar-refractivity contribution in [2.45, 2.75) is 19.5 Å². The van der Waals surface area contributed by atoms with Crippen molar-refractivity contribution in [3.05, 3.63) is 34.3 Å². The van der Waals surface area contributed by atoms with E-state index in [0.29, 0.717) is 11.2 Å². The Balaban J connectivity index is 1.68. The highest BCUT2D eigenvalue weighted by molar-refractivity contribution is 7.16. The van der Waals surface area contributed by atoms with Crippen LogP contribution in [0.4, 0.5) is 10.8 Å². The lowest BCUT2D eigenvalue weighted by Crippen LogP contribution is -2.51. The van der Waals surface area contributed by atoms with Crippen LogP contribution >= 0.6 is 22.9 Å². The topological polar surface area (TPSA) is 31.8 Å². The Morgan fingerprint density at radius 1 is 1.32 bits per heavy atom. The molecule has 1 aliphatic rings. The molecule has 0 bridgehead atoms. The minimum absolute atomic E-state index is 0.430. The number of methoxy groups -OCH3 is 1. The summed E-state index contributed by atoms with van der Waals surface area (Å²) in [5.41, 5.74) is 1.17. The molecule has 0 aliphatic carbocycles. The number of para-hydroxylation sites is 2. The quantitative estimate of drug-likeness (QED) is 0.791. The molecule has 25 heavy (non-hydrogen) atoms. The van der Waals surface area contributed by atoms with Crippen molar-refractivity contribution in [2.24, 2.45) is 0 Å². The number of thiazole rings is 1. The first-order chi connectivity index (χ1) is 12.0. The molecule has 5 nitrogen and oxygen atoms in total. The van der Waals surface area contributed by atoms with Gasteiger partial charge in [0.1, 0.15) is 10.9 Å². The number of halogens is 1. The molecule has 1 unspecified atom stereocenters. The second-order valence-corrected chi connectivity index (χ2v) is 7.96. The molecule has 1 saturated heterocycles. The van der Waals surface area contributed by atoms with Crippen molar-refractivity contribution in [3.8, 4) is 5.75 Å². The molecule has 0 radical (unpaired) electrons. The predicted molar refractivity (Wildman–Crippen MR) is 107 cm³/mol. The summed E-state index contributed by atoms with van der Waals surface area (Å²) in [5.74, 6) is 0.935. The number of hydrogen-bond donors (Lipinski definition) is 0. The van der Waals surface area contributed by atoms with Crippen molar-refractivity contribution in [2.75, 3.05) is 50.6 Å². The van der Waals surface area contributed by atoms with Crippen LogP contribution in [0.3, 0.4) is 0 Å². The molecule has 1 fully saturated rings. The third kappa shape index (κ3) is 4.02. The van der Waals surface area contributed by atoms with E-state index in [2.05, 4.69) is 33.8 Å². The maximum atomic E-state index is 6.34. The number of aromatic nitrogens is 1. The fourth-order valence-electron chi connectivity index (χ4n) is 3.13. The number of ether oxygens (including phenoxy) is 1. The van der Waals surface area contributed by atoms with Gasteiger partial charge in [-0.25, -0.2) is 4.98 Å². The number of nitrogens with zero attached hydrogens (tertiary/aromatic N) is 4. The molecular formula is C18H25ClN4OS. The average Bonchev–Trinajstić information content (AvgIpc) is 2.97. The van der Waals surface area contributed by atoms with Crippen LogP contribution in [-0.2, 0) is 6.54 Å². The standard InChI is InChI=1S/C18H25ClN4OS/c1-13-11-23(14-7-5-6-8-15(14)24-4)10-9-22(13)12-16-17(19)20-18(25-16)21(2)3/h5-8,13H,9-12H2,1-4H3. The van der Waals surface area contributed by atoms with E-state index >= 15 is 0 Å². The zero-order chi connectivity index (χ0) is 18.0. The van der Waals surface area contributed by atoms with Crippen LogP contribution in [0.1, 0.15) is 11.8 Å². The van der Waals surface area contributed by atoms with Crippen LogP contribution in [-0.4, -0.2) is 56.8 Å².